The van der Waals surface area contributed by atoms with Gasteiger partial charge in [0.15, 0.2) is 8.32 Å². The van der Waals surface area contributed by atoms with E-state index in [2.05, 4.69) is 42.9 Å². The summed E-state index contributed by atoms with van der Waals surface area (Å²) in [5.41, 5.74) is 0. The van der Waals surface area contributed by atoms with Crippen molar-refractivity contribution in [1.82, 2.24) is 0 Å². The van der Waals surface area contributed by atoms with Crippen LogP contribution in [0, 0.1) is 0 Å². The third-order valence-electron chi connectivity index (χ3n) is 2.14. The van der Waals surface area contributed by atoms with Crippen LogP contribution in [0.5, 0.6) is 0 Å². The third kappa shape index (κ3) is 8.97. The number of hydrogen-bond acceptors (Lipinski definition) is 1. The average molecular weight is 267 g/mol. The Morgan fingerprint density at radius 2 is 2.00 bits per heavy atom. The maximum Gasteiger partial charge on any atom is 0.186 e. The second-order valence-corrected chi connectivity index (χ2v) is 10.2. The minimum absolute atomic E-state index is 0.587. The molecule has 0 heterocycles. The summed E-state index contributed by atoms with van der Waals surface area (Å²) in [6.07, 6.45) is 3.74. The molecule has 0 amide bonds. The van der Waals surface area contributed by atoms with E-state index in [9.17, 15) is 0 Å². The molecule has 1 atom stereocenters. The molecule has 0 aromatic carbocycles. The van der Waals surface area contributed by atoms with Crippen LogP contribution in [0.25, 0.3) is 0 Å². The number of halogens is 1. The molecule has 0 fully saturated rings. The van der Waals surface area contributed by atoms with E-state index < -0.39 is 8.32 Å². The fourth-order valence-corrected chi connectivity index (χ4v) is 3.38. The monoisotopic (exact) mass is 266 g/mol. The van der Waals surface area contributed by atoms with E-state index in [1.807, 2.05) is 0 Å². The SMILES string of the molecule is CCCC[Si](C)(C)OCCC(C)Br. The lowest BCUT2D eigenvalue weighted by molar-refractivity contribution is 0.300. The van der Waals surface area contributed by atoms with E-state index in [4.69, 9.17) is 4.43 Å². The van der Waals surface area contributed by atoms with E-state index in [1.165, 1.54) is 18.9 Å². The van der Waals surface area contributed by atoms with Gasteiger partial charge in [-0.25, -0.2) is 0 Å². The summed E-state index contributed by atoms with van der Waals surface area (Å²) in [6.45, 7) is 9.98. The highest BCUT2D eigenvalue weighted by molar-refractivity contribution is 9.09. The lowest BCUT2D eigenvalue weighted by Gasteiger charge is -2.22. The van der Waals surface area contributed by atoms with Gasteiger partial charge in [-0.1, -0.05) is 42.6 Å². The van der Waals surface area contributed by atoms with Crippen LogP contribution >= 0.6 is 15.9 Å². The first-order valence-electron chi connectivity index (χ1n) is 5.26. The van der Waals surface area contributed by atoms with Gasteiger partial charge in [-0.3, -0.25) is 0 Å². The summed E-state index contributed by atoms with van der Waals surface area (Å²) in [6, 6.07) is 1.31. The van der Waals surface area contributed by atoms with Crippen molar-refractivity contribution in [2.75, 3.05) is 6.61 Å². The maximum atomic E-state index is 5.95. The molecule has 1 unspecified atom stereocenters. The summed E-state index contributed by atoms with van der Waals surface area (Å²) in [5.74, 6) is 0. The second kappa shape index (κ2) is 7.02. The van der Waals surface area contributed by atoms with Gasteiger partial charge < -0.3 is 4.43 Å². The van der Waals surface area contributed by atoms with Gasteiger partial charge in [0.25, 0.3) is 0 Å². The zero-order chi connectivity index (χ0) is 10.3. The number of rotatable bonds is 7. The predicted octanol–water partition coefficient (Wildman–Crippen LogP) is 4.18. The van der Waals surface area contributed by atoms with Crippen molar-refractivity contribution >= 4 is 24.2 Å². The molecule has 0 radical (unpaired) electrons. The van der Waals surface area contributed by atoms with Gasteiger partial charge in [0, 0.05) is 11.4 Å². The Kier molecular flexibility index (Phi) is 7.37. The topological polar surface area (TPSA) is 9.23 Å². The van der Waals surface area contributed by atoms with Crippen molar-refractivity contribution in [3.05, 3.63) is 0 Å². The van der Waals surface area contributed by atoms with Gasteiger partial charge >= 0.3 is 0 Å². The molecule has 0 aromatic heterocycles. The van der Waals surface area contributed by atoms with Crippen LogP contribution in [0.4, 0.5) is 0 Å². The molecule has 0 N–H and O–H groups in total. The average Bonchev–Trinajstić information content (AvgIpc) is 2.00. The van der Waals surface area contributed by atoms with E-state index >= 15 is 0 Å². The van der Waals surface area contributed by atoms with Crippen LogP contribution in [-0.4, -0.2) is 19.8 Å². The lowest BCUT2D eigenvalue weighted by Crippen LogP contribution is -2.30. The van der Waals surface area contributed by atoms with Gasteiger partial charge in [-0.05, 0) is 25.6 Å². The van der Waals surface area contributed by atoms with Crippen LogP contribution in [0.2, 0.25) is 19.1 Å². The van der Waals surface area contributed by atoms with E-state index in [1.54, 1.807) is 0 Å². The van der Waals surface area contributed by atoms with Gasteiger partial charge in [-0.2, -0.15) is 0 Å². The maximum absolute atomic E-state index is 5.95. The molecule has 0 saturated heterocycles. The van der Waals surface area contributed by atoms with Gasteiger partial charge in [0.1, 0.15) is 0 Å². The normalized spacial score (nSPS) is 14.5. The molecule has 13 heavy (non-hydrogen) atoms. The van der Waals surface area contributed by atoms with Gasteiger partial charge in [0.2, 0.25) is 0 Å². The van der Waals surface area contributed by atoms with E-state index in [0.29, 0.717) is 4.83 Å². The van der Waals surface area contributed by atoms with Crippen LogP contribution < -0.4 is 0 Å². The zero-order valence-electron chi connectivity index (χ0n) is 9.40. The Balaban J connectivity index is 3.50. The highest BCUT2D eigenvalue weighted by Gasteiger charge is 2.21. The zero-order valence-corrected chi connectivity index (χ0v) is 12.0. The molecule has 0 aliphatic heterocycles. The van der Waals surface area contributed by atoms with Crippen LogP contribution in [0.15, 0.2) is 0 Å². The fourth-order valence-electron chi connectivity index (χ4n) is 1.17. The lowest BCUT2D eigenvalue weighted by atomic mass is 10.4. The first-order valence-corrected chi connectivity index (χ1v) is 9.29. The quantitative estimate of drug-likeness (QED) is 0.496. The standard InChI is InChI=1S/C10H23BrOSi/c1-5-6-9-13(3,4)12-8-7-10(2)11/h10H,5-9H2,1-4H3. The molecular formula is C10H23BrOSi. The van der Waals surface area contributed by atoms with Crippen molar-refractivity contribution in [3.8, 4) is 0 Å². The van der Waals surface area contributed by atoms with Crippen molar-refractivity contribution in [2.45, 2.75) is 57.1 Å². The van der Waals surface area contributed by atoms with Crippen molar-refractivity contribution in [3.63, 3.8) is 0 Å². The number of unbranched alkanes of at least 4 members (excludes halogenated alkanes) is 1. The molecule has 0 bridgehead atoms. The minimum Gasteiger partial charge on any atom is -0.417 e. The molecule has 80 valence electrons. The van der Waals surface area contributed by atoms with E-state index in [0.717, 1.165) is 13.0 Å². The Bertz CT molecular complexity index is 126. The van der Waals surface area contributed by atoms with Crippen LogP contribution in [-0.2, 0) is 4.43 Å². The molecule has 3 heteroatoms. The highest BCUT2D eigenvalue weighted by Crippen LogP contribution is 2.16. The summed E-state index contributed by atoms with van der Waals surface area (Å²) in [5, 5.41) is 0. The predicted molar refractivity (Wildman–Crippen MR) is 66.2 cm³/mol. The molecule has 0 aromatic rings. The molecule has 0 saturated carbocycles. The second-order valence-electron chi connectivity index (χ2n) is 4.28. The van der Waals surface area contributed by atoms with E-state index in [-0.39, 0.29) is 0 Å². The molecule has 1 nitrogen and oxygen atoms in total. The molecular weight excluding hydrogens is 244 g/mol. The Labute approximate surface area is 92.5 Å². The highest BCUT2D eigenvalue weighted by atomic mass is 79.9. The Hall–Kier alpha value is 0.657. The fraction of sp³-hybridized carbons (Fsp3) is 1.00. The Morgan fingerprint density at radius 1 is 1.38 bits per heavy atom. The van der Waals surface area contributed by atoms with Crippen molar-refractivity contribution in [1.29, 1.82) is 0 Å². The molecule has 0 rings (SSSR count). The van der Waals surface area contributed by atoms with Crippen molar-refractivity contribution < 1.29 is 4.43 Å². The largest absolute Gasteiger partial charge is 0.417 e. The van der Waals surface area contributed by atoms with Crippen molar-refractivity contribution in [2.24, 2.45) is 0 Å². The van der Waals surface area contributed by atoms with Crippen LogP contribution in [0.1, 0.15) is 33.1 Å². The van der Waals surface area contributed by atoms with Gasteiger partial charge in [-0.15, -0.1) is 0 Å². The summed E-state index contributed by atoms with van der Waals surface area (Å²) in [4.78, 5) is 0.587. The number of hydrogen-bond donors (Lipinski definition) is 0. The van der Waals surface area contributed by atoms with Gasteiger partial charge in [0.05, 0.1) is 0 Å². The molecule has 0 aliphatic carbocycles. The smallest absolute Gasteiger partial charge is 0.186 e. The summed E-state index contributed by atoms with van der Waals surface area (Å²) >= 11 is 3.53. The first-order chi connectivity index (χ1) is 5.98. The molecule has 0 aliphatic rings. The first kappa shape index (κ1) is 13.7. The van der Waals surface area contributed by atoms with Crippen LogP contribution in [0.3, 0.4) is 0 Å². The summed E-state index contributed by atoms with van der Waals surface area (Å²) < 4.78 is 5.95. The third-order valence-corrected chi connectivity index (χ3v) is 5.14. The molecule has 0 spiro atoms. The number of alkyl halides is 1. The minimum atomic E-state index is -1.31. The Morgan fingerprint density at radius 3 is 2.46 bits per heavy atom. The summed E-state index contributed by atoms with van der Waals surface area (Å²) in [7, 11) is -1.31.